The molecule has 2 aliphatic heterocycles. The van der Waals surface area contributed by atoms with Gasteiger partial charge in [0.15, 0.2) is 0 Å². The molecule has 3 amide bonds. The summed E-state index contributed by atoms with van der Waals surface area (Å²) in [7, 11) is 5.22. The van der Waals surface area contributed by atoms with E-state index in [9.17, 15) is 9.59 Å². The molecule has 1 aromatic rings. The largest absolute Gasteiger partial charge is 0.497 e. The number of rotatable bonds is 8. The molecule has 2 fully saturated rings. The van der Waals surface area contributed by atoms with Gasteiger partial charge in [0.05, 0.1) is 13.5 Å². The van der Waals surface area contributed by atoms with Crippen LogP contribution in [0.15, 0.2) is 24.3 Å². The molecule has 172 valence electrons. The molecule has 8 nitrogen and oxygen atoms in total. The Labute approximate surface area is 185 Å². The van der Waals surface area contributed by atoms with Gasteiger partial charge >= 0.3 is 6.03 Å². The van der Waals surface area contributed by atoms with Crippen molar-refractivity contribution in [1.29, 1.82) is 0 Å². The molecular formula is C23H36N4O4. The maximum absolute atomic E-state index is 12.4. The molecule has 2 heterocycles. The first-order valence-corrected chi connectivity index (χ1v) is 11.2. The Morgan fingerprint density at radius 1 is 1.13 bits per heavy atom. The summed E-state index contributed by atoms with van der Waals surface area (Å²) in [4.78, 5) is 30.8. The van der Waals surface area contributed by atoms with Gasteiger partial charge in [-0.25, -0.2) is 4.79 Å². The average molecular weight is 433 g/mol. The second kappa shape index (κ2) is 11.3. The second-order valence-electron chi connectivity index (χ2n) is 8.52. The number of carbonyl (C=O) groups excluding carboxylic acids is 2. The number of amides is 3. The van der Waals surface area contributed by atoms with Gasteiger partial charge in [0.25, 0.3) is 0 Å². The van der Waals surface area contributed by atoms with Crippen LogP contribution in [-0.4, -0.2) is 99.3 Å². The standard InChI is InChI=1S/C23H36N4O4/c1-25(2)23(29)26-12-8-20(17-26)27(19-9-14-31-15-10-19)13-11-24-22(28)16-18-4-6-21(30-3)7-5-18/h4-7,19-20H,8-17H2,1-3H3,(H,24,28). The van der Waals surface area contributed by atoms with E-state index in [0.717, 1.165) is 63.4 Å². The lowest BCUT2D eigenvalue weighted by Gasteiger charge is -2.38. The molecule has 1 unspecified atom stereocenters. The molecule has 2 aliphatic rings. The SMILES string of the molecule is COc1ccc(CC(=O)NCCN(C2CCOCC2)C2CCN(C(=O)N(C)C)C2)cc1. The molecular weight excluding hydrogens is 396 g/mol. The van der Waals surface area contributed by atoms with Gasteiger partial charge in [0.2, 0.25) is 5.91 Å². The molecule has 1 aromatic carbocycles. The maximum atomic E-state index is 12.4. The van der Waals surface area contributed by atoms with Crippen molar-refractivity contribution in [3.63, 3.8) is 0 Å². The van der Waals surface area contributed by atoms with E-state index in [1.165, 1.54) is 0 Å². The molecule has 1 atom stereocenters. The van der Waals surface area contributed by atoms with Crippen LogP contribution in [0, 0.1) is 0 Å². The summed E-state index contributed by atoms with van der Waals surface area (Å²) in [5, 5.41) is 3.07. The third-order valence-electron chi connectivity index (χ3n) is 6.16. The van der Waals surface area contributed by atoms with E-state index >= 15 is 0 Å². The zero-order chi connectivity index (χ0) is 22.2. The van der Waals surface area contributed by atoms with Crippen molar-refractivity contribution in [2.75, 3.05) is 60.6 Å². The van der Waals surface area contributed by atoms with Crippen LogP contribution in [0.5, 0.6) is 5.75 Å². The minimum Gasteiger partial charge on any atom is -0.497 e. The molecule has 0 aromatic heterocycles. The van der Waals surface area contributed by atoms with Crippen LogP contribution in [0.2, 0.25) is 0 Å². The van der Waals surface area contributed by atoms with Crippen molar-refractivity contribution in [2.45, 2.75) is 37.8 Å². The molecule has 0 radical (unpaired) electrons. The van der Waals surface area contributed by atoms with Gasteiger partial charge in [0.1, 0.15) is 5.75 Å². The minimum absolute atomic E-state index is 0.0212. The van der Waals surface area contributed by atoms with Crippen molar-refractivity contribution in [2.24, 2.45) is 0 Å². The summed E-state index contributed by atoms with van der Waals surface area (Å²) < 4.78 is 10.7. The quantitative estimate of drug-likeness (QED) is 0.675. The highest BCUT2D eigenvalue weighted by molar-refractivity contribution is 5.78. The Morgan fingerprint density at radius 3 is 2.48 bits per heavy atom. The number of benzene rings is 1. The smallest absolute Gasteiger partial charge is 0.319 e. The summed E-state index contributed by atoms with van der Waals surface area (Å²) in [6.07, 6.45) is 3.32. The first kappa shape index (κ1) is 23.3. The fourth-order valence-corrected chi connectivity index (χ4v) is 4.46. The third kappa shape index (κ3) is 6.58. The molecule has 3 rings (SSSR count). The number of hydrogen-bond donors (Lipinski definition) is 1. The molecule has 1 N–H and O–H groups in total. The molecule has 0 spiro atoms. The van der Waals surface area contributed by atoms with E-state index in [4.69, 9.17) is 9.47 Å². The Kier molecular flexibility index (Phi) is 8.54. The number of likely N-dealkylation sites (tertiary alicyclic amines) is 1. The highest BCUT2D eigenvalue weighted by Crippen LogP contribution is 2.23. The molecule has 31 heavy (non-hydrogen) atoms. The van der Waals surface area contributed by atoms with Crippen LogP contribution < -0.4 is 10.1 Å². The average Bonchev–Trinajstić information content (AvgIpc) is 3.27. The van der Waals surface area contributed by atoms with E-state index in [1.54, 1.807) is 26.1 Å². The van der Waals surface area contributed by atoms with Crippen molar-refractivity contribution in [3.8, 4) is 5.75 Å². The van der Waals surface area contributed by atoms with Crippen molar-refractivity contribution in [3.05, 3.63) is 29.8 Å². The minimum atomic E-state index is 0.0212. The normalized spacial score (nSPS) is 19.5. The molecule has 2 saturated heterocycles. The lowest BCUT2D eigenvalue weighted by Crippen LogP contribution is -2.50. The number of nitrogens with one attached hydrogen (secondary N) is 1. The highest BCUT2D eigenvalue weighted by atomic mass is 16.5. The second-order valence-corrected chi connectivity index (χ2v) is 8.52. The van der Waals surface area contributed by atoms with Gasteiger partial charge in [-0.15, -0.1) is 0 Å². The number of hydrogen-bond acceptors (Lipinski definition) is 5. The van der Waals surface area contributed by atoms with E-state index < -0.39 is 0 Å². The lowest BCUT2D eigenvalue weighted by molar-refractivity contribution is -0.120. The van der Waals surface area contributed by atoms with Crippen molar-refractivity contribution < 1.29 is 19.1 Å². The highest BCUT2D eigenvalue weighted by Gasteiger charge is 2.34. The predicted molar refractivity (Wildman–Crippen MR) is 119 cm³/mol. The van der Waals surface area contributed by atoms with Gasteiger partial charge in [0, 0.05) is 65.6 Å². The van der Waals surface area contributed by atoms with Crippen LogP contribution in [0.1, 0.15) is 24.8 Å². The van der Waals surface area contributed by atoms with Crippen LogP contribution in [-0.2, 0) is 16.0 Å². The first-order chi connectivity index (χ1) is 15.0. The first-order valence-electron chi connectivity index (χ1n) is 11.2. The number of methoxy groups -OCH3 is 1. The predicted octanol–water partition coefficient (Wildman–Crippen LogP) is 1.59. The number of nitrogens with zero attached hydrogens (tertiary/aromatic N) is 3. The summed E-state index contributed by atoms with van der Waals surface area (Å²) in [6, 6.07) is 8.41. The van der Waals surface area contributed by atoms with Crippen LogP contribution >= 0.6 is 0 Å². The summed E-state index contributed by atoms with van der Waals surface area (Å²) in [6.45, 7) is 4.47. The van der Waals surface area contributed by atoms with Gasteiger partial charge in [-0.1, -0.05) is 12.1 Å². The van der Waals surface area contributed by atoms with Crippen LogP contribution in [0.4, 0.5) is 4.79 Å². The maximum Gasteiger partial charge on any atom is 0.319 e. The topological polar surface area (TPSA) is 74.3 Å². The number of carbonyl (C=O) groups is 2. The van der Waals surface area contributed by atoms with Crippen molar-refractivity contribution in [1.82, 2.24) is 20.0 Å². The van der Waals surface area contributed by atoms with Crippen LogP contribution in [0.25, 0.3) is 0 Å². The Hall–Kier alpha value is -2.32. The van der Waals surface area contributed by atoms with Gasteiger partial charge < -0.3 is 24.6 Å². The fourth-order valence-electron chi connectivity index (χ4n) is 4.46. The lowest BCUT2D eigenvalue weighted by atomic mass is 10.0. The molecule has 8 heteroatoms. The monoisotopic (exact) mass is 432 g/mol. The summed E-state index contributed by atoms with van der Waals surface area (Å²) in [5.41, 5.74) is 0.966. The Balaban J connectivity index is 1.52. The van der Waals surface area contributed by atoms with Gasteiger partial charge in [-0.3, -0.25) is 9.69 Å². The summed E-state index contributed by atoms with van der Waals surface area (Å²) in [5.74, 6) is 0.808. The van der Waals surface area contributed by atoms with E-state index in [-0.39, 0.29) is 11.9 Å². The number of urea groups is 1. The summed E-state index contributed by atoms with van der Waals surface area (Å²) >= 11 is 0. The van der Waals surface area contributed by atoms with E-state index in [1.807, 2.05) is 29.2 Å². The third-order valence-corrected chi connectivity index (χ3v) is 6.16. The van der Waals surface area contributed by atoms with Gasteiger partial charge in [-0.2, -0.15) is 0 Å². The zero-order valence-electron chi connectivity index (χ0n) is 19.0. The fraction of sp³-hybridized carbons (Fsp3) is 0.652. The van der Waals surface area contributed by atoms with E-state index in [2.05, 4.69) is 10.2 Å². The zero-order valence-corrected chi connectivity index (χ0v) is 19.0. The van der Waals surface area contributed by atoms with Gasteiger partial charge in [-0.05, 0) is 37.0 Å². The number of ether oxygens (including phenoxy) is 2. The van der Waals surface area contributed by atoms with Crippen LogP contribution in [0.3, 0.4) is 0 Å². The van der Waals surface area contributed by atoms with E-state index in [0.29, 0.717) is 25.0 Å². The molecule has 0 bridgehead atoms. The Morgan fingerprint density at radius 2 is 1.84 bits per heavy atom. The molecule has 0 saturated carbocycles. The van der Waals surface area contributed by atoms with Crippen molar-refractivity contribution >= 4 is 11.9 Å². The Bertz CT molecular complexity index is 719. The molecule has 0 aliphatic carbocycles.